The Balaban J connectivity index is 0.000000604. The van der Waals surface area contributed by atoms with E-state index in [1.165, 1.54) is 0 Å². The van der Waals surface area contributed by atoms with Gasteiger partial charge in [0.15, 0.2) is 0 Å². The fourth-order valence-corrected chi connectivity index (χ4v) is 3.08. The molecule has 1 saturated heterocycles. The average molecular weight is 472 g/mol. The van der Waals surface area contributed by atoms with Gasteiger partial charge in [0, 0.05) is 32.4 Å². The summed E-state index contributed by atoms with van der Waals surface area (Å²) in [5.74, 6) is -3.74. The van der Waals surface area contributed by atoms with Crippen molar-refractivity contribution >= 4 is 29.6 Å². The van der Waals surface area contributed by atoms with Crippen molar-refractivity contribution in [3.05, 3.63) is 54.1 Å². The highest BCUT2D eigenvalue weighted by atomic mass is 16.5. The zero-order chi connectivity index (χ0) is 25.1. The number of nitrogens with two attached hydrogens (primary N) is 1. The second-order valence-electron chi connectivity index (χ2n) is 7.37. The van der Waals surface area contributed by atoms with E-state index in [2.05, 4.69) is 11.4 Å². The number of morpholine rings is 1. The molecule has 11 heteroatoms. The van der Waals surface area contributed by atoms with Gasteiger partial charge in [-0.25, -0.2) is 14.4 Å². The Labute approximate surface area is 196 Å². The Morgan fingerprint density at radius 3 is 2.18 bits per heavy atom. The van der Waals surface area contributed by atoms with Gasteiger partial charge in [0.25, 0.3) is 0 Å². The molecule has 0 unspecified atom stereocenters. The van der Waals surface area contributed by atoms with Gasteiger partial charge in [-0.1, -0.05) is 30.3 Å². The number of anilines is 1. The van der Waals surface area contributed by atoms with Crippen LogP contribution in [0.25, 0.3) is 11.1 Å². The van der Waals surface area contributed by atoms with Crippen molar-refractivity contribution in [3.63, 3.8) is 0 Å². The van der Waals surface area contributed by atoms with Crippen molar-refractivity contribution in [2.24, 2.45) is 5.73 Å². The minimum atomic E-state index is -1.82. The molecular weight excluding hydrogens is 444 g/mol. The fourth-order valence-electron chi connectivity index (χ4n) is 3.08. The van der Waals surface area contributed by atoms with E-state index in [1.54, 1.807) is 16.8 Å². The first-order chi connectivity index (χ1) is 16.2. The molecule has 5 N–H and O–H groups in total. The highest BCUT2D eigenvalue weighted by Crippen LogP contribution is 2.23. The summed E-state index contributed by atoms with van der Waals surface area (Å²) < 4.78 is 5.27. The molecule has 2 aromatic rings. The summed E-state index contributed by atoms with van der Waals surface area (Å²) in [6.07, 6.45) is 0. The molecule has 34 heavy (non-hydrogen) atoms. The van der Waals surface area contributed by atoms with E-state index in [1.807, 2.05) is 42.5 Å². The van der Waals surface area contributed by atoms with Crippen LogP contribution in [0.4, 0.5) is 10.5 Å². The molecule has 2 aromatic carbocycles. The molecule has 1 aliphatic rings. The van der Waals surface area contributed by atoms with Gasteiger partial charge < -0.3 is 35.8 Å². The largest absolute Gasteiger partial charge is 0.473 e. The number of nitrogens with one attached hydrogen (secondary N) is 1. The van der Waals surface area contributed by atoms with Crippen LogP contribution in [0.1, 0.15) is 5.56 Å². The molecule has 3 amide bonds. The van der Waals surface area contributed by atoms with E-state index >= 15 is 0 Å². The summed E-state index contributed by atoms with van der Waals surface area (Å²) in [5, 5.41) is 17.7. The number of likely N-dealkylation sites (N-methyl/N-ethyl adjacent to an activating group) is 1. The number of ether oxygens (including phenoxy) is 1. The van der Waals surface area contributed by atoms with E-state index in [0.29, 0.717) is 32.8 Å². The van der Waals surface area contributed by atoms with Gasteiger partial charge in [-0.15, -0.1) is 0 Å². The van der Waals surface area contributed by atoms with Crippen molar-refractivity contribution in [3.8, 4) is 11.1 Å². The molecule has 3 rings (SSSR count). The third kappa shape index (κ3) is 8.19. The number of hydrogen-bond donors (Lipinski definition) is 4. The number of amides is 3. The molecule has 182 valence electrons. The maximum atomic E-state index is 12.3. The summed E-state index contributed by atoms with van der Waals surface area (Å²) in [4.78, 5) is 45.5. The number of benzene rings is 2. The average Bonchev–Trinajstić information content (AvgIpc) is 2.85. The molecule has 0 saturated carbocycles. The molecule has 0 radical (unpaired) electrons. The monoisotopic (exact) mass is 472 g/mol. The van der Waals surface area contributed by atoms with Gasteiger partial charge in [-0.2, -0.15) is 0 Å². The summed E-state index contributed by atoms with van der Waals surface area (Å²) in [7, 11) is 1.74. The number of carbonyl (C=O) groups excluding carboxylic acids is 2. The number of rotatable bonds is 5. The highest BCUT2D eigenvalue weighted by Gasteiger charge is 2.16. The van der Waals surface area contributed by atoms with E-state index in [-0.39, 0.29) is 18.5 Å². The number of hydrogen-bond acceptors (Lipinski definition) is 6. The van der Waals surface area contributed by atoms with Gasteiger partial charge in [0.1, 0.15) is 0 Å². The van der Waals surface area contributed by atoms with Gasteiger partial charge in [0.05, 0.1) is 19.8 Å². The Bertz CT molecular complexity index is 993. The SMILES string of the molecule is CN(Cc1cccc(-c2ccc(NC(=O)N3CCOCC3)cc2)c1)C(=O)CN.O=C(O)C(=O)O. The van der Waals surface area contributed by atoms with Crippen LogP contribution in [0.2, 0.25) is 0 Å². The van der Waals surface area contributed by atoms with Crippen molar-refractivity contribution in [2.45, 2.75) is 6.54 Å². The quantitative estimate of drug-likeness (QED) is 0.473. The standard InChI is InChI=1S/C21H26N4O3.C2H2O4/c1-24(20(26)14-22)15-16-3-2-4-18(13-16)17-5-7-19(8-6-17)23-21(27)25-9-11-28-12-10-25;3-1(4)2(5)6/h2-8,13H,9-12,14-15,22H2,1H3,(H,23,27);(H,3,4)(H,5,6). The lowest BCUT2D eigenvalue weighted by Crippen LogP contribution is -2.43. The molecule has 0 atom stereocenters. The van der Waals surface area contributed by atoms with Gasteiger partial charge >= 0.3 is 18.0 Å². The second kappa shape index (κ2) is 12.9. The summed E-state index contributed by atoms with van der Waals surface area (Å²) >= 11 is 0. The van der Waals surface area contributed by atoms with Gasteiger partial charge in [-0.05, 0) is 34.9 Å². The number of urea groups is 1. The smallest absolute Gasteiger partial charge is 0.414 e. The third-order valence-electron chi connectivity index (χ3n) is 4.90. The third-order valence-corrected chi connectivity index (χ3v) is 4.90. The van der Waals surface area contributed by atoms with E-state index in [9.17, 15) is 9.59 Å². The maximum absolute atomic E-state index is 12.3. The lowest BCUT2D eigenvalue weighted by Gasteiger charge is -2.26. The first kappa shape index (κ1) is 26.3. The molecule has 0 bridgehead atoms. The Kier molecular flexibility index (Phi) is 9.99. The fraction of sp³-hybridized carbons (Fsp3) is 0.304. The van der Waals surface area contributed by atoms with Crippen molar-refractivity contribution in [1.82, 2.24) is 9.80 Å². The lowest BCUT2D eigenvalue weighted by molar-refractivity contribution is -0.159. The maximum Gasteiger partial charge on any atom is 0.414 e. The predicted octanol–water partition coefficient (Wildman–Crippen LogP) is 1.29. The van der Waals surface area contributed by atoms with Crippen LogP contribution in [0.5, 0.6) is 0 Å². The van der Waals surface area contributed by atoms with Crippen LogP contribution in [-0.2, 0) is 25.7 Å². The first-order valence-electron chi connectivity index (χ1n) is 10.4. The number of nitrogens with zero attached hydrogens (tertiary/aromatic N) is 2. The highest BCUT2D eigenvalue weighted by molar-refractivity contribution is 6.27. The molecule has 1 heterocycles. The van der Waals surface area contributed by atoms with Gasteiger partial charge in [0.2, 0.25) is 5.91 Å². The molecule has 11 nitrogen and oxygen atoms in total. The zero-order valence-corrected chi connectivity index (χ0v) is 18.8. The molecule has 0 aliphatic carbocycles. The van der Waals surface area contributed by atoms with Crippen LogP contribution in [0.15, 0.2) is 48.5 Å². The lowest BCUT2D eigenvalue weighted by atomic mass is 10.0. The van der Waals surface area contributed by atoms with E-state index < -0.39 is 11.9 Å². The summed E-state index contributed by atoms with van der Waals surface area (Å²) in [6, 6.07) is 15.7. The van der Waals surface area contributed by atoms with Crippen molar-refractivity contribution in [2.75, 3.05) is 45.2 Å². The van der Waals surface area contributed by atoms with Crippen LogP contribution in [0.3, 0.4) is 0 Å². The topological polar surface area (TPSA) is 162 Å². The van der Waals surface area contributed by atoms with Crippen LogP contribution in [0, 0.1) is 0 Å². The molecule has 1 aliphatic heterocycles. The normalized spacial score (nSPS) is 12.7. The Morgan fingerprint density at radius 2 is 1.62 bits per heavy atom. The van der Waals surface area contributed by atoms with Gasteiger partial charge in [-0.3, -0.25) is 4.79 Å². The van der Waals surface area contributed by atoms with E-state index in [0.717, 1.165) is 22.4 Å². The molecule has 0 aromatic heterocycles. The number of carboxylic acid groups (broad SMARTS) is 2. The number of aliphatic carboxylic acids is 2. The minimum Gasteiger partial charge on any atom is -0.473 e. The predicted molar refractivity (Wildman–Crippen MR) is 124 cm³/mol. The summed E-state index contributed by atoms with van der Waals surface area (Å²) in [5.41, 5.74) is 9.30. The minimum absolute atomic E-state index is 0.00776. The Hall–Kier alpha value is -3.96. The second-order valence-corrected chi connectivity index (χ2v) is 7.37. The van der Waals surface area contributed by atoms with Crippen LogP contribution >= 0.6 is 0 Å². The first-order valence-corrected chi connectivity index (χ1v) is 10.4. The zero-order valence-electron chi connectivity index (χ0n) is 18.8. The van der Waals surface area contributed by atoms with Crippen molar-refractivity contribution < 1.29 is 34.1 Å². The molecule has 0 spiro atoms. The number of carbonyl (C=O) groups is 4. The number of carboxylic acids is 2. The van der Waals surface area contributed by atoms with Crippen LogP contribution in [-0.4, -0.2) is 83.8 Å². The van der Waals surface area contributed by atoms with Crippen molar-refractivity contribution in [1.29, 1.82) is 0 Å². The molecular formula is C23H28N4O7. The Morgan fingerprint density at radius 1 is 1.00 bits per heavy atom. The van der Waals surface area contributed by atoms with E-state index in [4.69, 9.17) is 30.3 Å². The summed E-state index contributed by atoms with van der Waals surface area (Å²) in [6.45, 7) is 2.89. The van der Waals surface area contributed by atoms with Crippen LogP contribution < -0.4 is 11.1 Å². The molecule has 1 fully saturated rings.